The van der Waals surface area contributed by atoms with Crippen LogP contribution in [-0.2, 0) is 5.75 Å². The van der Waals surface area contributed by atoms with E-state index in [2.05, 4.69) is 20.5 Å². The zero-order chi connectivity index (χ0) is 19.7. The van der Waals surface area contributed by atoms with E-state index in [4.69, 9.17) is 0 Å². The SMILES string of the molecule is Cc1ccc2c(=O)cc(CSc3nnc(NC(=O)c4cccs4)s3)[nH]c2c1C. The summed E-state index contributed by atoms with van der Waals surface area (Å²) in [7, 11) is 0. The third-order valence-electron chi connectivity index (χ3n) is 4.32. The molecule has 4 aromatic rings. The van der Waals surface area contributed by atoms with Crippen LogP contribution in [0.2, 0.25) is 0 Å². The second kappa shape index (κ2) is 7.86. The van der Waals surface area contributed by atoms with Gasteiger partial charge in [-0.1, -0.05) is 35.2 Å². The van der Waals surface area contributed by atoms with Crippen molar-refractivity contribution in [2.45, 2.75) is 23.9 Å². The molecule has 0 saturated heterocycles. The number of thioether (sulfide) groups is 1. The number of nitrogens with zero attached hydrogens (tertiary/aromatic N) is 2. The molecule has 0 radical (unpaired) electrons. The number of rotatable bonds is 5. The quantitative estimate of drug-likeness (QED) is 0.358. The fraction of sp³-hybridized carbons (Fsp3) is 0.158. The summed E-state index contributed by atoms with van der Waals surface area (Å²) in [5.41, 5.74) is 3.94. The lowest BCUT2D eigenvalue weighted by atomic mass is 10.0. The van der Waals surface area contributed by atoms with E-state index in [0.29, 0.717) is 21.1 Å². The number of anilines is 1. The smallest absolute Gasteiger partial charge is 0.267 e. The van der Waals surface area contributed by atoms with E-state index in [-0.39, 0.29) is 11.3 Å². The van der Waals surface area contributed by atoms with Gasteiger partial charge < -0.3 is 4.98 Å². The molecule has 0 saturated carbocycles. The molecule has 1 amide bonds. The Bertz CT molecular complexity index is 1210. The van der Waals surface area contributed by atoms with E-state index in [9.17, 15) is 9.59 Å². The van der Waals surface area contributed by atoms with Gasteiger partial charge in [0.05, 0.1) is 10.4 Å². The van der Waals surface area contributed by atoms with Crippen molar-refractivity contribution in [2.75, 3.05) is 5.32 Å². The van der Waals surface area contributed by atoms with Crippen molar-refractivity contribution in [3.8, 4) is 0 Å². The molecule has 6 nitrogen and oxygen atoms in total. The minimum Gasteiger partial charge on any atom is -0.357 e. The normalized spacial score (nSPS) is 11.1. The third kappa shape index (κ3) is 3.87. The molecular weight excluding hydrogens is 412 g/mol. The number of aryl methyl sites for hydroxylation is 2. The second-order valence-corrected chi connectivity index (χ2v) is 9.33. The fourth-order valence-electron chi connectivity index (χ4n) is 2.72. The van der Waals surface area contributed by atoms with Crippen LogP contribution in [0.25, 0.3) is 10.9 Å². The van der Waals surface area contributed by atoms with Crippen LogP contribution in [0.5, 0.6) is 0 Å². The van der Waals surface area contributed by atoms with Gasteiger partial charge in [0, 0.05) is 22.9 Å². The largest absolute Gasteiger partial charge is 0.357 e. The van der Waals surface area contributed by atoms with Gasteiger partial charge in [-0.3, -0.25) is 14.9 Å². The maximum atomic E-state index is 12.4. The number of amides is 1. The lowest BCUT2D eigenvalue weighted by molar-refractivity contribution is 0.103. The molecule has 0 atom stereocenters. The second-order valence-electron chi connectivity index (χ2n) is 6.18. The van der Waals surface area contributed by atoms with Crippen LogP contribution in [0.4, 0.5) is 5.13 Å². The topological polar surface area (TPSA) is 87.7 Å². The van der Waals surface area contributed by atoms with Crippen molar-refractivity contribution in [1.82, 2.24) is 15.2 Å². The molecular formula is C19H16N4O2S3. The van der Waals surface area contributed by atoms with E-state index in [1.807, 2.05) is 37.4 Å². The molecule has 0 aliphatic heterocycles. The van der Waals surface area contributed by atoms with Gasteiger partial charge in [0.2, 0.25) is 5.13 Å². The zero-order valence-electron chi connectivity index (χ0n) is 15.1. The highest BCUT2D eigenvalue weighted by molar-refractivity contribution is 8.00. The minimum absolute atomic E-state index is 0.00798. The first-order valence-electron chi connectivity index (χ1n) is 8.44. The number of H-pyrrole nitrogens is 1. The Balaban J connectivity index is 1.48. The summed E-state index contributed by atoms with van der Waals surface area (Å²) < 4.78 is 0.725. The predicted molar refractivity (Wildman–Crippen MR) is 116 cm³/mol. The first kappa shape index (κ1) is 18.9. The summed E-state index contributed by atoms with van der Waals surface area (Å²) in [6.07, 6.45) is 0. The molecule has 0 aliphatic rings. The number of aromatic amines is 1. The van der Waals surface area contributed by atoms with E-state index >= 15 is 0 Å². The van der Waals surface area contributed by atoms with Gasteiger partial charge in [-0.25, -0.2) is 0 Å². The molecule has 0 fully saturated rings. The van der Waals surface area contributed by atoms with Gasteiger partial charge in [0.1, 0.15) is 0 Å². The number of thiophene rings is 1. The van der Waals surface area contributed by atoms with Gasteiger partial charge in [0.25, 0.3) is 5.91 Å². The lowest BCUT2D eigenvalue weighted by Crippen LogP contribution is -2.09. The number of hydrogen-bond donors (Lipinski definition) is 2. The number of nitrogens with one attached hydrogen (secondary N) is 2. The van der Waals surface area contributed by atoms with Crippen molar-refractivity contribution in [2.24, 2.45) is 0 Å². The number of fused-ring (bicyclic) bond motifs is 1. The predicted octanol–water partition coefficient (Wildman–Crippen LogP) is 4.60. The summed E-state index contributed by atoms with van der Waals surface area (Å²) in [6, 6.07) is 9.05. The van der Waals surface area contributed by atoms with Crippen LogP contribution >= 0.6 is 34.4 Å². The van der Waals surface area contributed by atoms with E-state index < -0.39 is 0 Å². The van der Waals surface area contributed by atoms with E-state index in [0.717, 1.165) is 26.7 Å². The Labute approximate surface area is 173 Å². The Kier molecular flexibility index (Phi) is 5.29. The Morgan fingerprint density at radius 1 is 1.25 bits per heavy atom. The minimum atomic E-state index is -0.188. The fourth-order valence-corrected chi connectivity index (χ4v) is 4.99. The monoisotopic (exact) mass is 428 g/mol. The van der Waals surface area contributed by atoms with Gasteiger partial charge in [-0.2, -0.15) is 0 Å². The molecule has 9 heteroatoms. The number of pyridine rings is 1. The van der Waals surface area contributed by atoms with Crippen LogP contribution in [0.3, 0.4) is 0 Å². The van der Waals surface area contributed by atoms with Crippen LogP contribution in [-0.4, -0.2) is 21.1 Å². The Morgan fingerprint density at radius 2 is 2.11 bits per heavy atom. The summed E-state index contributed by atoms with van der Waals surface area (Å²) in [4.78, 5) is 28.5. The Morgan fingerprint density at radius 3 is 2.89 bits per heavy atom. The molecule has 1 aromatic carbocycles. The van der Waals surface area contributed by atoms with Crippen LogP contribution in [0, 0.1) is 13.8 Å². The first-order valence-corrected chi connectivity index (χ1v) is 11.1. The van der Waals surface area contributed by atoms with E-state index in [1.165, 1.54) is 34.4 Å². The van der Waals surface area contributed by atoms with Crippen LogP contribution in [0.1, 0.15) is 26.5 Å². The lowest BCUT2D eigenvalue weighted by Gasteiger charge is -2.08. The van der Waals surface area contributed by atoms with Crippen LogP contribution < -0.4 is 10.7 Å². The number of benzene rings is 1. The summed E-state index contributed by atoms with van der Waals surface area (Å²) >= 11 is 4.16. The molecule has 0 aliphatic carbocycles. The molecule has 28 heavy (non-hydrogen) atoms. The molecule has 2 N–H and O–H groups in total. The van der Waals surface area contributed by atoms with Gasteiger partial charge >= 0.3 is 0 Å². The number of carbonyl (C=O) groups is 1. The molecule has 0 unspecified atom stereocenters. The molecule has 142 valence electrons. The van der Waals surface area contributed by atoms with Crippen molar-refractivity contribution < 1.29 is 4.79 Å². The zero-order valence-corrected chi connectivity index (χ0v) is 17.6. The van der Waals surface area contributed by atoms with Gasteiger partial charge in [-0.15, -0.1) is 21.5 Å². The molecule has 3 aromatic heterocycles. The number of carbonyl (C=O) groups excluding carboxylic acids is 1. The highest BCUT2D eigenvalue weighted by atomic mass is 32.2. The van der Waals surface area contributed by atoms with Crippen molar-refractivity contribution >= 4 is 56.4 Å². The average molecular weight is 429 g/mol. The van der Waals surface area contributed by atoms with E-state index in [1.54, 1.807) is 12.1 Å². The summed E-state index contributed by atoms with van der Waals surface area (Å²) in [5, 5.41) is 13.9. The standard InChI is InChI=1S/C19H16N4O2S3/c1-10-5-6-13-14(24)8-12(20-16(13)11(10)2)9-27-19-23-22-18(28-19)21-17(25)15-4-3-7-26-15/h3-8H,9H2,1-2H3,(H,20,24)(H,21,22,25). The average Bonchev–Trinajstić information content (AvgIpc) is 3.35. The highest BCUT2D eigenvalue weighted by Gasteiger charge is 2.12. The third-order valence-corrected chi connectivity index (χ3v) is 7.20. The Hall–Kier alpha value is -2.49. The summed E-state index contributed by atoms with van der Waals surface area (Å²) in [6.45, 7) is 4.04. The molecule has 3 heterocycles. The maximum Gasteiger partial charge on any atom is 0.267 e. The van der Waals surface area contributed by atoms with Crippen molar-refractivity contribution in [1.29, 1.82) is 0 Å². The van der Waals surface area contributed by atoms with Crippen LogP contribution in [0.15, 0.2) is 44.8 Å². The first-order chi connectivity index (χ1) is 13.5. The number of aromatic nitrogens is 3. The van der Waals surface area contributed by atoms with Gasteiger partial charge in [0.15, 0.2) is 9.77 Å². The number of hydrogen-bond acceptors (Lipinski definition) is 7. The van der Waals surface area contributed by atoms with Crippen molar-refractivity contribution in [3.05, 3.63) is 67.6 Å². The molecule has 0 bridgehead atoms. The molecule has 0 spiro atoms. The highest BCUT2D eigenvalue weighted by Crippen LogP contribution is 2.29. The van der Waals surface area contributed by atoms with Crippen molar-refractivity contribution in [3.63, 3.8) is 0 Å². The molecule has 4 rings (SSSR count). The maximum absolute atomic E-state index is 12.4. The summed E-state index contributed by atoms with van der Waals surface area (Å²) in [5.74, 6) is 0.374. The van der Waals surface area contributed by atoms with Gasteiger partial charge in [-0.05, 0) is 42.5 Å².